The molecule has 4 nitrogen and oxygen atoms in total. The molecular weight excluding hydrogens is 331 g/mol. The third-order valence-corrected chi connectivity index (χ3v) is 4.12. The number of halogens is 2. The largest absolute Gasteiger partial charge is 0.347 e. The minimum Gasteiger partial charge on any atom is -0.347 e. The van der Waals surface area contributed by atoms with Crippen molar-refractivity contribution in [3.8, 4) is 0 Å². The van der Waals surface area contributed by atoms with Crippen LogP contribution in [0.4, 0.5) is 15.8 Å². The summed E-state index contributed by atoms with van der Waals surface area (Å²) in [4.78, 5) is 26.1. The molecule has 0 bridgehead atoms. The van der Waals surface area contributed by atoms with Crippen molar-refractivity contribution in [1.82, 2.24) is 0 Å². The van der Waals surface area contributed by atoms with Crippen molar-refractivity contribution in [2.45, 2.75) is 13.8 Å². The van der Waals surface area contributed by atoms with Crippen molar-refractivity contribution < 1.29 is 14.0 Å². The summed E-state index contributed by atoms with van der Waals surface area (Å²) in [7, 11) is 0. The molecule has 122 valence electrons. The lowest BCUT2D eigenvalue weighted by Crippen LogP contribution is -2.33. The Bertz CT molecular complexity index is 892. The maximum absolute atomic E-state index is 13.8. The first-order valence-corrected chi connectivity index (χ1v) is 7.65. The highest BCUT2D eigenvalue weighted by atomic mass is 35.5. The van der Waals surface area contributed by atoms with Gasteiger partial charge in [0, 0.05) is 0 Å². The van der Waals surface area contributed by atoms with Crippen molar-refractivity contribution in [3.63, 3.8) is 0 Å². The van der Waals surface area contributed by atoms with Crippen LogP contribution in [0.5, 0.6) is 0 Å². The molecule has 0 saturated heterocycles. The number of anilines is 2. The molecule has 0 fully saturated rings. The maximum Gasteiger partial charge on any atom is 0.283 e. The zero-order valence-electron chi connectivity index (χ0n) is 13.1. The lowest BCUT2D eigenvalue weighted by molar-refractivity contribution is -0.120. The maximum atomic E-state index is 13.8. The van der Waals surface area contributed by atoms with E-state index in [1.54, 1.807) is 19.1 Å². The van der Waals surface area contributed by atoms with Gasteiger partial charge < -0.3 is 5.32 Å². The van der Waals surface area contributed by atoms with Gasteiger partial charge in [-0.05, 0) is 43.2 Å². The van der Waals surface area contributed by atoms with E-state index in [2.05, 4.69) is 5.32 Å². The van der Waals surface area contributed by atoms with Gasteiger partial charge in [-0.3, -0.25) is 9.59 Å². The van der Waals surface area contributed by atoms with Gasteiger partial charge in [-0.2, -0.15) is 0 Å². The third-order valence-electron chi connectivity index (χ3n) is 3.77. The molecule has 0 saturated carbocycles. The highest BCUT2D eigenvalue weighted by Gasteiger charge is 2.39. The number of nitrogens with zero attached hydrogens (tertiary/aromatic N) is 1. The van der Waals surface area contributed by atoms with Crippen LogP contribution < -0.4 is 10.2 Å². The number of rotatable bonds is 3. The second-order valence-electron chi connectivity index (χ2n) is 5.53. The van der Waals surface area contributed by atoms with Crippen LogP contribution in [0.3, 0.4) is 0 Å². The smallest absolute Gasteiger partial charge is 0.283 e. The van der Waals surface area contributed by atoms with Crippen LogP contribution in [0.2, 0.25) is 0 Å². The van der Waals surface area contributed by atoms with Gasteiger partial charge >= 0.3 is 0 Å². The quantitative estimate of drug-likeness (QED) is 0.860. The Hall–Kier alpha value is -2.66. The van der Waals surface area contributed by atoms with Gasteiger partial charge in [0.25, 0.3) is 11.8 Å². The first-order valence-electron chi connectivity index (χ1n) is 7.27. The van der Waals surface area contributed by atoms with E-state index in [9.17, 15) is 14.0 Å². The second kappa shape index (κ2) is 6.09. The molecule has 2 aromatic carbocycles. The molecule has 1 heterocycles. The summed E-state index contributed by atoms with van der Waals surface area (Å²) >= 11 is 6.05. The molecule has 2 aromatic rings. The number of imide groups is 1. The lowest BCUT2D eigenvalue weighted by Gasteiger charge is -2.18. The Morgan fingerprint density at radius 2 is 1.75 bits per heavy atom. The number of benzene rings is 2. The molecule has 0 atom stereocenters. The molecule has 24 heavy (non-hydrogen) atoms. The fourth-order valence-corrected chi connectivity index (χ4v) is 2.70. The molecule has 6 heteroatoms. The lowest BCUT2D eigenvalue weighted by atomic mass is 10.1. The van der Waals surface area contributed by atoms with Crippen LogP contribution >= 0.6 is 11.6 Å². The van der Waals surface area contributed by atoms with Crippen LogP contribution in [0.15, 0.2) is 53.2 Å². The number of hydrogen-bond donors (Lipinski definition) is 1. The molecular formula is C18H14ClFN2O2. The minimum atomic E-state index is -0.630. The average Bonchev–Trinajstić information content (AvgIpc) is 2.76. The standard InChI is InChI=1S/C18H14ClFN2O2/c1-10-7-8-11(2)14(9-10)22-17(23)15(19)16(18(22)24)21-13-6-4-3-5-12(13)20/h3-9,21H,1-2H3. The van der Waals surface area contributed by atoms with E-state index >= 15 is 0 Å². The first kappa shape index (κ1) is 16.2. The number of carbonyl (C=O) groups is 2. The van der Waals surface area contributed by atoms with E-state index in [0.717, 1.165) is 16.0 Å². The zero-order chi connectivity index (χ0) is 17.4. The Labute approximate surface area is 143 Å². The molecule has 1 aliphatic rings. The molecule has 0 unspecified atom stereocenters. The second-order valence-corrected chi connectivity index (χ2v) is 5.91. The van der Waals surface area contributed by atoms with E-state index in [4.69, 9.17) is 11.6 Å². The SMILES string of the molecule is Cc1ccc(C)c(N2C(=O)C(Cl)=C(Nc3ccccc3F)C2=O)c1. The Morgan fingerprint density at radius 1 is 1.04 bits per heavy atom. The number of aryl methyl sites for hydroxylation is 2. The van der Waals surface area contributed by atoms with Gasteiger partial charge in [0.2, 0.25) is 0 Å². The number of carbonyl (C=O) groups excluding carboxylic acids is 2. The van der Waals surface area contributed by atoms with Gasteiger partial charge in [-0.25, -0.2) is 9.29 Å². The van der Waals surface area contributed by atoms with Crippen molar-refractivity contribution in [2.24, 2.45) is 0 Å². The topological polar surface area (TPSA) is 49.4 Å². The predicted octanol–water partition coefficient (Wildman–Crippen LogP) is 3.88. The van der Waals surface area contributed by atoms with E-state index in [1.807, 2.05) is 19.1 Å². The molecule has 3 rings (SSSR count). The van der Waals surface area contributed by atoms with Gasteiger partial charge in [-0.15, -0.1) is 0 Å². The Balaban J connectivity index is 1.99. The Kier molecular flexibility index (Phi) is 4.11. The summed E-state index contributed by atoms with van der Waals surface area (Å²) in [5, 5.41) is 2.37. The van der Waals surface area contributed by atoms with Crippen LogP contribution in [0.1, 0.15) is 11.1 Å². The summed E-state index contributed by atoms with van der Waals surface area (Å²) in [6.45, 7) is 3.66. The van der Waals surface area contributed by atoms with Crippen molar-refractivity contribution >= 4 is 34.8 Å². The van der Waals surface area contributed by atoms with Gasteiger partial charge in [0.15, 0.2) is 0 Å². The van der Waals surface area contributed by atoms with Gasteiger partial charge in [0.05, 0.1) is 11.4 Å². The number of nitrogens with one attached hydrogen (secondary N) is 1. The highest BCUT2D eigenvalue weighted by molar-refractivity contribution is 6.53. The molecule has 0 spiro atoms. The summed E-state index contributed by atoms with van der Waals surface area (Å²) in [6, 6.07) is 11.3. The number of amides is 2. The van der Waals surface area contributed by atoms with Gasteiger partial charge in [0.1, 0.15) is 16.5 Å². The molecule has 1 N–H and O–H groups in total. The number of hydrogen-bond acceptors (Lipinski definition) is 3. The monoisotopic (exact) mass is 344 g/mol. The molecule has 1 aliphatic heterocycles. The number of para-hydroxylation sites is 1. The van der Waals surface area contributed by atoms with Crippen molar-refractivity contribution in [1.29, 1.82) is 0 Å². The normalized spacial score (nSPS) is 14.6. The van der Waals surface area contributed by atoms with E-state index in [0.29, 0.717) is 5.69 Å². The van der Waals surface area contributed by atoms with E-state index < -0.39 is 17.6 Å². The van der Waals surface area contributed by atoms with Crippen molar-refractivity contribution in [2.75, 3.05) is 10.2 Å². The first-order chi connectivity index (χ1) is 11.4. The average molecular weight is 345 g/mol. The summed E-state index contributed by atoms with van der Waals surface area (Å²) in [5.74, 6) is -1.78. The molecule has 0 radical (unpaired) electrons. The van der Waals surface area contributed by atoms with E-state index in [1.165, 1.54) is 18.2 Å². The summed E-state index contributed by atoms with van der Waals surface area (Å²) in [5.41, 5.74) is 2.08. The van der Waals surface area contributed by atoms with Crippen LogP contribution in [-0.2, 0) is 9.59 Å². The van der Waals surface area contributed by atoms with Gasteiger partial charge in [-0.1, -0.05) is 35.9 Å². The summed E-state index contributed by atoms with van der Waals surface area (Å²) in [6.07, 6.45) is 0. The fraction of sp³-hybridized carbons (Fsp3) is 0.111. The van der Waals surface area contributed by atoms with E-state index in [-0.39, 0.29) is 16.4 Å². The van der Waals surface area contributed by atoms with Crippen LogP contribution in [0, 0.1) is 19.7 Å². The Morgan fingerprint density at radius 3 is 2.46 bits per heavy atom. The van der Waals surface area contributed by atoms with Crippen LogP contribution in [-0.4, -0.2) is 11.8 Å². The molecule has 0 aromatic heterocycles. The molecule has 0 aliphatic carbocycles. The predicted molar refractivity (Wildman–Crippen MR) is 91.3 cm³/mol. The zero-order valence-corrected chi connectivity index (χ0v) is 13.8. The van der Waals surface area contributed by atoms with Crippen LogP contribution in [0.25, 0.3) is 0 Å². The molecule has 2 amide bonds. The fourth-order valence-electron chi connectivity index (χ4n) is 2.49. The van der Waals surface area contributed by atoms with Crippen molar-refractivity contribution in [3.05, 3.63) is 70.1 Å². The summed E-state index contributed by atoms with van der Waals surface area (Å²) < 4.78 is 13.8. The third kappa shape index (κ3) is 2.67. The highest BCUT2D eigenvalue weighted by Crippen LogP contribution is 2.32. The minimum absolute atomic E-state index is 0.0783.